The van der Waals surface area contributed by atoms with Crippen molar-refractivity contribution in [3.63, 3.8) is 0 Å². The molecule has 0 atom stereocenters. The molecule has 2 aromatic rings. The summed E-state index contributed by atoms with van der Waals surface area (Å²) in [6.07, 6.45) is 1.20. The predicted molar refractivity (Wildman–Crippen MR) is 100 cm³/mol. The summed E-state index contributed by atoms with van der Waals surface area (Å²) in [5.74, 6) is -0.963. The van der Waals surface area contributed by atoms with E-state index in [2.05, 4.69) is 21.2 Å². The SMILES string of the molecule is CC(=O)N(/C=C(/C#N)C(=O)Nc1ccc(Br)cc1)c1cccc(N)c1. The lowest BCUT2D eigenvalue weighted by Gasteiger charge is -2.17. The van der Waals surface area contributed by atoms with Crippen molar-refractivity contribution < 1.29 is 9.59 Å². The molecule has 126 valence electrons. The van der Waals surface area contributed by atoms with Crippen LogP contribution in [0, 0.1) is 11.3 Å². The molecular formula is C18H15BrN4O2. The van der Waals surface area contributed by atoms with Gasteiger partial charge in [-0.25, -0.2) is 0 Å². The van der Waals surface area contributed by atoms with E-state index in [9.17, 15) is 14.9 Å². The maximum Gasteiger partial charge on any atom is 0.267 e. The van der Waals surface area contributed by atoms with Gasteiger partial charge in [0.05, 0.1) is 5.69 Å². The van der Waals surface area contributed by atoms with Gasteiger partial charge in [-0.1, -0.05) is 22.0 Å². The Labute approximate surface area is 153 Å². The lowest BCUT2D eigenvalue weighted by molar-refractivity contribution is -0.116. The molecule has 0 saturated heterocycles. The second-order valence-electron chi connectivity index (χ2n) is 5.10. The monoisotopic (exact) mass is 398 g/mol. The van der Waals surface area contributed by atoms with Crippen LogP contribution >= 0.6 is 15.9 Å². The van der Waals surface area contributed by atoms with Gasteiger partial charge < -0.3 is 11.1 Å². The van der Waals surface area contributed by atoms with Gasteiger partial charge in [0.2, 0.25) is 5.91 Å². The lowest BCUT2D eigenvalue weighted by Crippen LogP contribution is -2.25. The standard InChI is InChI=1S/C18H15BrN4O2/c1-12(24)23(17-4-2-3-15(21)9-17)11-13(10-20)18(25)22-16-7-5-14(19)6-8-16/h2-9,11H,21H2,1H3,(H,22,25)/b13-11-. The molecule has 2 rings (SSSR count). The van der Waals surface area contributed by atoms with Gasteiger partial charge in [-0.05, 0) is 42.5 Å². The average Bonchev–Trinajstić information content (AvgIpc) is 2.57. The molecule has 0 aromatic heterocycles. The summed E-state index contributed by atoms with van der Waals surface area (Å²) in [4.78, 5) is 25.4. The number of nitrogen functional groups attached to an aromatic ring is 1. The van der Waals surface area contributed by atoms with Crippen LogP contribution in [0.4, 0.5) is 17.1 Å². The van der Waals surface area contributed by atoms with E-state index in [1.54, 1.807) is 48.5 Å². The van der Waals surface area contributed by atoms with Crippen molar-refractivity contribution in [3.8, 4) is 6.07 Å². The number of halogens is 1. The van der Waals surface area contributed by atoms with E-state index in [0.717, 1.165) is 4.47 Å². The Hall–Kier alpha value is -3.11. The van der Waals surface area contributed by atoms with E-state index < -0.39 is 5.91 Å². The van der Waals surface area contributed by atoms with Gasteiger partial charge in [-0.15, -0.1) is 0 Å². The van der Waals surface area contributed by atoms with Crippen LogP contribution in [0.1, 0.15) is 6.92 Å². The third kappa shape index (κ3) is 4.93. The number of carbonyl (C=O) groups is 2. The molecule has 0 saturated carbocycles. The Morgan fingerprint density at radius 1 is 1.24 bits per heavy atom. The number of nitrogens with one attached hydrogen (secondary N) is 1. The Morgan fingerprint density at radius 2 is 1.92 bits per heavy atom. The third-order valence-corrected chi connectivity index (χ3v) is 3.74. The van der Waals surface area contributed by atoms with Crippen molar-refractivity contribution in [2.24, 2.45) is 0 Å². The van der Waals surface area contributed by atoms with E-state index in [1.807, 2.05) is 6.07 Å². The molecule has 0 bridgehead atoms. The van der Waals surface area contributed by atoms with Crippen LogP contribution in [0.25, 0.3) is 0 Å². The zero-order chi connectivity index (χ0) is 18.4. The van der Waals surface area contributed by atoms with Crippen molar-refractivity contribution in [1.82, 2.24) is 0 Å². The molecular weight excluding hydrogens is 384 g/mol. The van der Waals surface area contributed by atoms with Crippen molar-refractivity contribution in [2.45, 2.75) is 6.92 Å². The van der Waals surface area contributed by atoms with E-state index >= 15 is 0 Å². The average molecular weight is 399 g/mol. The molecule has 0 fully saturated rings. The molecule has 6 nitrogen and oxygen atoms in total. The number of nitriles is 1. The van der Waals surface area contributed by atoms with E-state index in [4.69, 9.17) is 5.73 Å². The highest BCUT2D eigenvalue weighted by molar-refractivity contribution is 9.10. The Kier molecular flexibility index (Phi) is 5.93. The minimum atomic E-state index is -0.611. The quantitative estimate of drug-likeness (QED) is 0.468. The fourth-order valence-corrected chi connectivity index (χ4v) is 2.29. The molecule has 2 amide bonds. The van der Waals surface area contributed by atoms with Crippen LogP contribution < -0.4 is 16.0 Å². The molecule has 3 N–H and O–H groups in total. The molecule has 0 aliphatic rings. The summed E-state index contributed by atoms with van der Waals surface area (Å²) in [5.41, 5.74) is 6.99. The van der Waals surface area contributed by atoms with Gasteiger partial charge in [0.25, 0.3) is 5.91 Å². The summed E-state index contributed by atoms with van der Waals surface area (Å²) in [5, 5.41) is 11.9. The van der Waals surface area contributed by atoms with Crippen LogP contribution in [0.2, 0.25) is 0 Å². The first-order chi connectivity index (χ1) is 11.9. The van der Waals surface area contributed by atoms with Gasteiger partial charge in [0.1, 0.15) is 11.6 Å². The molecule has 7 heteroatoms. The highest BCUT2D eigenvalue weighted by Gasteiger charge is 2.15. The smallest absolute Gasteiger partial charge is 0.267 e. The molecule has 0 unspecified atom stereocenters. The Morgan fingerprint density at radius 3 is 2.48 bits per heavy atom. The molecule has 0 heterocycles. The van der Waals surface area contributed by atoms with E-state index in [0.29, 0.717) is 17.1 Å². The summed E-state index contributed by atoms with van der Waals surface area (Å²) in [6.45, 7) is 1.33. The number of hydrogen-bond acceptors (Lipinski definition) is 4. The first-order valence-electron chi connectivity index (χ1n) is 7.25. The number of anilines is 3. The predicted octanol–water partition coefficient (Wildman–Crippen LogP) is 3.43. The lowest BCUT2D eigenvalue weighted by atomic mass is 10.2. The highest BCUT2D eigenvalue weighted by atomic mass is 79.9. The van der Waals surface area contributed by atoms with Crippen LogP contribution in [-0.4, -0.2) is 11.8 Å². The van der Waals surface area contributed by atoms with Gasteiger partial charge in [0.15, 0.2) is 0 Å². The van der Waals surface area contributed by atoms with Crippen molar-refractivity contribution in [3.05, 3.63) is 64.8 Å². The summed E-state index contributed by atoms with van der Waals surface area (Å²) < 4.78 is 0.867. The molecule has 0 spiro atoms. The summed E-state index contributed by atoms with van der Waals surface area (Å²) >= 11 is 3.30. The number of hydrogen-bond donors (Lipinski definition) is 2. The van der Waals surface area contributed by atoms with Gasteiger partial charge in [-0.2, -0.15) is 5.26 Å². The van der Waals surface area contributed by atoms with Gasteiger partial charge in [0, 0.05) is 29.0 Å². The molecule has 0 aliphatic heterocycles. The van der Waals surface area contributed by atoms with Crippen LogP contribution in [0.3, 0.4) is 0 Å². The molecule has 2 aromatic carbocycles. The summed E-state index contributed by atoms with van der Waals surface area (Å²) in [6, 6.07) is 15.3. The van der Waals surface area contributed by atoms with E-state index in [-0.39, 0.29) is 11.5 Å². The normalized spacial score (nSPS) is 10.7. The zero-order valence-electron chi connectivity index (χ0n) is 13.4. The Balaban J connectivity index is 2.29. The molecule has 25 heavy (non-hydrogen) atoms. The minimum absolute atomic E-state index is 0.208. The van der Waals surface area contributed by atoms with Crippen LogP contribution in [-0.2, 0) is 9.59 Å². The maximum atomic E-state index is 12.3. The minimum Gasteiger partial charge on any atom is -0.399 e. The van der Waals surface area contributed by atoms with Crippen molar-refractivity contribution >= 4 is 44.8 Å². The van der Waals surface area contributed by atoms with Crippen molar-refractivity contribution in [2.75, 3.05) is 16.0 Å². The number of rotatable bonds is 4. The second kappa shape index (κ2) is 8.13. The van der Waals surface area contributed by atoms with Gasteiger partial charge in [-0.3, -0.25) is 14.5 Å². The van der Waals surface area contributed by atoms with E-state index in [1.165, 1.54) is 18.0 Å². The second-order valence-corrected chi connectivity index (χ2v) is 6.02. The van der Waals surface area contributed by atoms with Crippen molar-refractivity contribution in [1.29, 1.82) is 5.26 Å². The first kappa shape index (κ1) is 18.2. The topological polar surface area (TPSA) is 99.2 Å². The number of amides is 2. The molecule has 0 aliphatic carbocycles. The third-order valence-electron chi connectivity index (χ3n) is 3.21. The summed E-state index contributed by atoms with van der Waals surface area (Å²) in [7, 11) is 0. The van der Waals surface area contributed by atoms with Crippen LogP contribution in [0.15, 0.2) is 64.8 Å². The number of nitrogens with zero attached hydrogens (tertiary/aromatic N) is 2. The maximum absolute atomic E-state index is 12.3. The number of benzene rings is 2. The zero-order valence-corrected chi connectivity index (χ0v) is 14.9. The fraction of sp³-hybridized carbons (Fsp3) is 0.0556. The number of nitrogens with two attached hydrogens (primary N) is 1. The number of carbonyl (C=O) groups excluding carboxylic acids is 2. The first-order valence-corrected chi connectivity index (χ1v) is 8.04. The molecule has 0 radical (unpaired) electrons. The highest BCUT2D eigenvalue weighted by Crippen LogP contribution is 2.20. The Bertz CT molecular complexity index is 869. The largest absolute Gasteiger partial charge is 0.399 e. The van der Waals surface area contributed by atoms with Gasteiger partial charge >= 0.3 is 0 Å². The van der Waals surface area contributed by atoms with Crippen LogP contribution in [0.5, 0.6) is 0 Å². The fourth-order valence-electron chi connectivity index (χ4n) is 2.02.